The summed E-state index contributed by atoms with van der Waals surface area (Å²) in [6.45, 7) is 6.80. The number of aromatic nitrogens is 1. The van der Waals surface area contributed by atoms with Gasteiger partial charge in [-0.25, -0.2) is 9.37 Å². The Morgan fingerprint density at radius 1 is 1.58 bits per heavy atom. The van der Waals surface area contributed by atoms with Crippen LogP contribution in [-0.4, -0.2) is 30.1 Å². The van der Waals surface area contributed by atoms with Crippen LogP contribution >= 0.6 is 0 Å². The molecule has 0 bridgehead atoms. The van der Waals surface area contributed by atoms with E-state index in [4.69, 9.17) is 10.5 Å². The van der Waals surface area contributed by atoms with Crippen molar-refractivity contribution in [3.8, 4) is 0 Å². The van der Waals surface area contributed by atoms with E-state index in [0.717, 1.165) is 12.3 Å². The summed E-state index contributed by atoms with van der Waals surface area (Å²) >= 11 is 0. The van der Waals surface area contributed by atoms with Gasteiger partial charge < -0.3 is 15.8 Å². The smallest absolute Gasteiger partial charge is 0.255 e. The SMILES string of the molecule is CCOCC(NC(=O)c1cc(F)cnc1N)C(C)C. The molecule has 3 N–H and O–H groups in total. The molecule has 1 rings (SSSR count). The van der Waals surface area contributed by atoms with Crippen molar-refractivity contribution in [2.45, 2.75) is 26.8 Å². The maximum atomic E-state index is 13.1. The van der Waals surface area contributed by atoms with Gasteiger partial charge in [-0.2, -0.15) is 0 Å². The van der Waals surface area contributed by atoms with Crippen LogP contribution in [0.2, 0.25) is 0 Å². The molecule has 106 valence electrons. The summed E-state index contributed by atoms with van der Waals surface area (Å²) in [5, 5.41) is 2.78. The van der Waals surface area contributed by atoms with Crippen molar-refractivity contribution >= 4 is 11.7 Å². The third-order valence-electron chi connectivity index (χ3n) is 2.75. The van der Waals surface area contributed by atoms with Crippen molar-refractivity contribution < 1.29 is 13.9 Å². The van der Waals surface area contributed by atoms with E-state index in [-0.39, 0.29) is 23.3 Å². The van der Waals surface area contributed by atoms with Gasteiger partial charge in [0.15, 0.2) is 0 Å². The molecule has 1 heterocycles. The number of amides is 1. The molecule has 0 fully saturated rings. The zero-order valence-electron chi connectivity index (χ0n) is 11.4. The number of nitrogen functional groups attached to an aromatic ring is 1. The molecular formula is C13H20FN3O2. The van der Waals surface area contributed by atoms with Gasteiger partial charge >= 0.3 is 0 Å². The fourth-order valence-corrected chi connectivity index (χ4v) is 1.52. The molecule has 0 spiro atoms. The molecule has 0 radical (unpaired) electrons. The maximum absolute atomic E-state index is 13.1. The standard InChI is InChI=1S/C13H20FN3O2/c1-4-19-7-11(8(2)3)17-13(18)10-5-9(14)6-16-12(10)15/h5-6,8,11H,4,7H2,1-3H3,(H2,15,16)(H,17,18). The van der Waals surface area contributed by atoms with Crippen LogP contribution in [0, 0.1) is 11.7 Å². The Balaban J connectivity index is 2.78. The monoisotopic (exact) mass is 269 g/mol. The van der Waals surface area contributed by atoms with Crippen LogP contribution < -0.4 is 11.1 Å². The quantitative estimate of drug-likeness (QED) is 0.822. The van der Waals surface area contributed by atoms with Gasteiger partial charge in [-0.1, -0.05) is 13.8 Å². The van der Waals surface area contributed by atoms with E-state index in [0.29, 0.717) is 13.2 Å². The molecule has 0 saturated heterocycles. The fraction of sp³-hybridized carbons (Fsp3) is 0.538. The van der Waals surface area contributed by atoms with Gasteiger partial charge in [0.1, 0.15) is 11.6 Å². The lowest BCUT2D eigenvalue weighted by molar-refractivity contribution is 0.0806. The molecule has 0 aliphatic carbocycles. The number of nitrogens with two attached hydrogens (primary N) is 1. The summed E-state index contributed by atoms with van der Waals surface area (Å²) < 4.78 is 18.4. The van der Waals surface area contributed by atoms with Gasteiger partial charge in [-0.05, 0) is 18.9 Å². The molecule has 0 aliphatic rings. The minimum atomic E-state index is -0.592. The predicted molar refractivity (Wildman–Crippen MR) is 71.2 cm³/mol. The van der Waals surface area contributed by atoms with Gasteiger partial charge in [-0.15, -0.1) is 0 Å². The number of pyridine rings is 1. The average Bonchev–Trinajstić information content (AvgIpc) is 2.36. The number of nitrogens with zero attached hydrogens (tertiary/aromatic N) is 1. The van der Waals surface area contributed by atoms with Gasteiger partial charge in [0.2, 0.25) is 0 Å². The Hall–Kier alpha value is -1.69. The molecular weight excluding hydrogens is 249 g/mol. The highest BCUT2D eigenvalue weighted by atomic mass is 19.1. The topological polar surface area (TPSA) is 77.2 Å². The van der Waals surface area contributed by atoms with Crippen LogP contribution in [0.4, 0.5) is 10.2 Å². The van der Waals surface area contributed by atoms with Crippen LogP contribution in [0.15, 0.2) is 12.3 Å². The number of halogens is 1. The Kier molecular flexibility index (Phi) is 5.69. The average molecular weight is 269 g/mol. The van der Waals surface area contributed by atoms with Crippen molar-refractivity contribution in [3.05, 3.63) is 23.6 Å². The second-order valence-electron chi connectivity index (χ2n) is 4.57. The molecule has 19 heavy (non-hydrogen) atoms. The summed E-state index contributed by atoms with van der Waals surface area (Å²) in [6, 6.07) is 0.922. The van der Waals surface area contributed by atoms with E-state index in [1.54, 1.807) is 0 Å². The number of hydrogen-bond acceptors (Lipinski definition) is 4. The van der Waals surface area contributed by atoms with E-state index < -0.39 is 11.7 Å². The summed E-state index contributed by atoms with van der Waals surface area (Å²) in [4.78, 5) is 15.7. The molecule has 0 aromatic carbocycles. The highest BCUT2D eigenvalue weighted by Gasteiger charge is 2.19. The number of carbonyl (C=O) groups excluding carboxylic acids is 1. The van der Waals surface area contributed by atoms with Gasteiger partial charge in [-0.3, -0.25) is 4.79 Å². The zero-order valence-corrected chi connectivity index (χ0v) is 11.4. The lowest BCUT2D eigenvalue weighted by Gasteiger charge is -2.22. The maximum Gasteiger partial charge on any atom is 0.255 e. The largest absolute Gasteiger partial charge is 0.383 e. The minimum Gasteiger partial charge on any atom is -0.383 e. The molecule has 1 aromatic heterocycles. The van der Waals surface area contributed by atoms with Crippen LogP contribution in [-0.2, 0) is 4.74 Å². The predicted octanol–water partition coefficient (Wildman–Crippen LogP) is 1.59. The van der Waals surface area contributed by atoms with Crippen molar-refractivity contribution in [2.24, 2.45) is 5.92 Å². The van der Waals surface area contributed by atoms with E-state index in [1.807, 2.05) is 20.8 Å². The van der Waals surface area contributed by atoms with Gasteiger partial charge in [0.05, 0.1) is 24.4 Å². The molecule has 5 nitrogen and oxygen atoms in total. The van der Waals surface area contributed by atoms with Crippen molar-refractivity contribution in [2.75, 3.05) is 18.9 Å². The second kappa shape index (κ2) is 7.04. The Labute approximate surface area is 112 Å². The third kappa shape index (κ3) is 4.48. The van der Waals surface area contributed by atoms with Crippen LogP contribution in [0.3, 0.4) is 0 Å². The number of hydrogen-bond donors (Lipinski definition) is 2. The Bertz CT molecular complexity index is 438. The second-order valence-corrected chi connectivity index (χ2v) is 4.57. The summed E-state index contributed by atoms with van der Waals surface area (Å²) in [6.07, 6.45) is 0.978. The highest BCUT2D eigenvalue weighted by molar-refractivity contribution is 5.98. The van der Waals surface area contributed by atoms with Crippen LogP contribution in [0.5, 0.6) is 0 Å². The number of anilines is 1. The third-order valence-corrected chi connectivity index (χ3v) is 2.75. The first-order valence-corrected chi connectivity index (χ1v) is 6.25. The summed E-state index contributed by atoms with van der Waals surface area (Å²) in [5.74, 6) is -0.829. The van der Waals surface area contributed by atoms with Crippen molar-refractivity contribution in [1.29, 1.82) is 0 Å². The van der Waals surface area contributed by atoms with E-state index in [2.05, 4.69) is 10.3 Å². The number of nitrogens with one attached hydrogen (secondary N) is 1. The molecule has 0 saturated carbocycles. The molecule has 1 amide bonds. The molecule has 1 unspecified atom stereocenters. The molecule has 1 aromatic rings. The summed E-state index contributed by atoms with van der Waals surface area (Å²) in [5.41, 5.74) is 5.62. The normalized spacial score (nSPS) is 12.5. The highest BCUT2D eigenvalue weighted by Crippen LogP contribution is 2.11. The van der Waals surface area contributed by atoms with E-state index in [9.17, 15) is 9.18 Å². The zero-order chi connectivity index (χ0) is 14.4. The Morgan fingerprint density at radius 2 is 2.26 bits per heavy atom. The van der Waals surface area contributed by atoms with Gasteiger partial charge in [0, 0.05) is 6.61 Å². The first kappa shape index (κ1) is 15.4. The molecule has 0 aliphatic heterocycles. The number of rotatable bonds is 6. The molecule has 6 heteroatoms. The van der Waals surface area contributed by atoms with E-state index in [1.165, 1.54) is 0 Å². The number of carbonyl (C=O) groups is 1. The van der Waals surface area contributed by atoms with Gasteiger partial charge in [0.25, 0.3) is 5.91 Å². The van der Waals surface area contributed by atoms with Crippen molar-refractivity contribution in [1.82, 2.24) is 10.3 Å². The number of ether oxygens (including phenoxy) is 1. The lowest BCUT2D eigenvalue weighted by atomic mass is 10.0. The van der Waals surface area contributed by atoms with E-state index >= 15 is 0 Å². The lowest BCUT2D eigenvalue weighted by Crippen LogP contribution is -2.42. The van der Waals surface area contributed by atoms with Crippen LogP contribution in [0.1, 0.15) is 31.1 Å². The Morgan fingerprint density at radius 3 is 2.84 bits per heavy atom. The molecule has 1 atom stereocenters. The first-order valence-electron chi connectivity index (χ1n) is 6.25. The summed E-state index contributed by atoms with van der Waals surface area (Å²) in [7, 11) is 0. The first-order chi connectivity index (χ1) is 8.95. The van der Waals surface area contributed by atoms with Crippen LogP contribution in [0.25, 0.3) is 0 Å². The fourth-order valence-electron chi connectivity index (χ4n) is 1.52. The van der Waals surface area contributed by atoms with Crippen molar-refractivity contribution in [3.63, 3.8) is 0 Å². The minimum absolute atomic E-state index is 0.0119.